The molecule has 0 spiro atoms. The normalized spacial score (nSPS) is 16.5. The number of hydrogen-bond acceptors (Lipinski definition) is 3. The van der Waals surface area contributed by atoms with E-state index in [0.29, 0.717) is 39.0 Å². The van der Waals surface area contributed by atoms with Crippen LogP contribution in [-0.4, -0.2) is 36.7 Å². The maximum atomic E-state index is 12.9. The maximum absolute atomic E-state index is 12.9. The lowest BCUT2D eigenvalue weighted by atomic mass is 9.73. The molecule has 5 heteroatoms. The van der Waals surface area contributed by atoms with E-state index >= 15 is 0 Å². The fourth-order valence-electron chi connectivity index (χ4n) is 3.25. The summed E-state index contributed by atoms with van der Waals surface area (Å²) < 4.78 is 5.46. The van der Waals surface area contributed by atoms with Crippen molar-refractivity contribution in [3.63, 3.8) is 0 Å². The molecule has 1 amide bonds. The Bertz CT molecular complexity index is 523. The van der Waals surface area contributed by atoms with Gasteiger partial charge in [-0.3, -0.25) is 9.59 Å². The maximum Gasteiger partial charge on any atom is 0.303 e. The molecule has 2 rings (SSSR count). The Hall–Kier alpha value is -1.88. The van der Waals surface area contributed by atoms with Crippen molar-refractivity contribution in [2.45, 2.75) is 50.4 Å². The number of unbranched alkanes of at least 4 members (excludes halogenated alkanes) is 3. The van der Waals surface area contributed by atoms with Crippen LogP contribution >= 0.6 is 0 Å². The summed E-state index contributed by atoms with van der Waals surface area (Å²) in [6, 6.07) is 9.96. The molecule has 1 aliphatic heterocycles. The zero-order valence-corrected chi connectivity index (χ0v) is 14.1. The second-order valence-corrected chi connectivity index (χ2v) is 6.37. The lowest BCUT2D eigenvalue weighted by molar-refractivity contribution is -0.137. The van der Waals surface area contributed by atoms with E-state index < -0.39 is 11.4 Å². The third kappa shape index (κ3) is 5.06. The molecule has 1 aromatic rings. The molecule has 1 saturated heterocycles. The number of nitrogens with one attached hydrogen (secondary N) is 1. The minimum atomic E-state index is -0.743. The zero-order valence-electron chi connectivity index (χ0n) is 14.1. The van der Waals surface area contributed by atoms with Crippen molar-refractivity contribution in [1.82, 2.24) is 5.32 Å². The van der Waals surface area contributed by atoms with Gasteiger partial charge < -0.3 is 15.2 Å². The van der Waals surface area contributed by atoms with E-state index in [4.69, 9.17) is 9.84 Å². The van der Waals surface area contributed by atoms with Gasteiger partial charge in [-0.2, -0.15) is 0 Å². The first kappa shape index (κ1) is 18.5. The summed E-state index contributed by atoms with van der Waals surface area (Å²) in [6.45, 7) is 1.86. The van der Waals surface area contributed by atoms with Crippen molar-refractivity contribution in [2.24, 2.45) is 0 Å². The molecule has 1 heterocycles. The summed E-state index contributed by atoms with van der Waals surface area (Å²) in [6.07, 6.45) is 5.06. The van der Waals surface area contributed by atoms with Gasteiger partial charge in [0.25, 0.3) is 0 Å². The first-order valence-electron chi connectivity index (χ1n) is 8.78. The van der Waals surface area contributed by atoms with Crippen molar-refractivity contribution in [2.75, 3.05) is 19.8 Å². The average molecular weight is 333 g/mol. The van der Waals surface area contributed by atoms with Crippen LogP contribution < -0.4 is 5.32 Å². The second-order valence-electron chi connectivity index (χ2n) is 6.37. The molecule has 1 aromatic carbocycles. The number of ether oxygens (including phenoxy) is 1. The highest BCUT2D eigenvalue weighted by Gasteiger charge is 2.41. The van der Waals surface area contributed by atoms with Crippen molar-refractivity contribution < 1.29 is 19.4 Å². The van der Waals surface area contributed by atoms with Gasteiger partial charge in [-0.15, -0.1) is 0 Å². The summed E-state index contributed by atoms with van der Waals surface area (Å²) in [5.74, 6) is -0.657. The van der Waals surface area contributed by atoms with Crippen LogP contribution in [0.15, 0.2) is 30.3 Å². The van der Waals surface area contributed by atoms with Gasteiger partial charge in [-0.25, -0.2) is 0 Å². The molecule has 24 heavy (non-hydrogen) atoms. The summed E-state index contributed by atoms with van der Waals surface area (Å²) in [4.78, 5) is 23.3. The Morgan fingerprint density at radius 3 is 2.38 bits per heavy atom. The molecule has 0 atom stereocenters. The van der Waals surface area contributed by atoms with Gasteiger partial charge in [0.1, 0.15) is 0 Å². The van der Waals surface area contributed by atoms with Crippen LogP contribution in [-0.2, 0) is 19.7 Å². The van der Waals surface area contributed by atoms with Crippen LogP contribution in [0.3, 0.4) is 0 Å². The number of benzene rings is 1. The highest BCUT2D eigenvalue weighted by Crippen LogP contribution is 2.35. The molecule has 0 aromatic heterocycles. The van der Waals surface area contributed by atoms with E-state index in [1.54, 1.807) is 0 Å². The smallest absolute Gasteiger partial charge is 0.303 e. The number of carbonyl (C=O) groups is 2. The third-order valence-electron chi connectivity index (χ3n) is 4.71. The van der Waals surface area contributed by atoms with E-state index in [1.165, 1.54) is 0 Å². The SMILES string of the molecule is O=C(O)CCCCCCNC(=O)C1(c2ccccc2)CCOCC1. The number of carbonyl (C=O) groups excluding carboxylic acids is 1. The van der Waals surface area contributed by atoms with E-state index in [2.05, 4.69) is 5.32 Å². The van der Waals surface area contributed by atoms with Crippen LogP contribution in [0.25, 0.3) is 0 Å². The van der Waals surface area contributed by atoms with E-state index in [1.807, 2.05) is 30.3 Å². The lowest BCUT2D eigenvalue weighted by Gasteiger charge is -2.36. The van der Waals surface area contributed by atoms with Crippen molar-refractivity contribution >= 4 is 11.9 Å². The van der Waals surface area contributed by atoms with Crippen molar-refractivity contribution in [3.05, 3.63) is 35.9 Å². The first-order valence-corrected chi connectivity index (χ1v) is 8.78. The minimum Gasteiger partial charge on any atom is -0.481 e. The number of amides is 1. The molecule has 1 fully saturated rings. The molecular weight excluding hydrogens is 306 g/mol. The van der Waals surface area contributed by atoms with Gasteiger partial charge in [-0.05, 0) is 31.2 Å². The average Bonchev–Trinajstić information content (AvgIpc) is 2.61. The largest absolute Gasteiger partial charge is 0.481 e. The molecule has 0 aliphatic carbocycles. The molecule has 2 N–H and O–H groups in total. The summed E-state index contributed by atoms with van der Waals surface area (Å²) in [7, 11) is 0. The Morgan fingerprint density at radius 2 is 1.71 bits per heavy atom. The first-order chi connectivity index (χ1) is 11.6. The predicted octanol–water partition coefficient (Wildman–Crippen LogP) is 2.89. The van der Waals surface area contributed by atoms with Gasteiger partial charge in [0.15, 0.2) is 0 Å². The van der Waals surface area contributed by atoms with Crippen LogP contribution in [0.5, 0.6) is 0 Å². The molecule has 132 valence electrons. The molecular formula is C19H27NO4. The monoisotopic (exact) mass is 333 g/mol. The molecule has 0 bridgehead atoms. The van der Waals surface area contributed by atoms with Crippen molar-refractivity contribution in [3.8, 4) is 0 Å². The third-order valence-corrected chi connectivity index (χ3v) is 4.71. The van der Waals surface area contributed by atoms with Crippen LogP contribution in [0, 0.1) is 0 Å². The number of aliphatic carboxylic acids is 1. The molecule has 0 saturated carbocycles. The lowest BCUT2D eigenvalue weighted by Crippen LogP contribution is -2.48. The Kier molecular flexibility index (Phi) is 7.25. The number of carboxylic acid groups (broad SMARTS) is 1. The van der Waals surface area contributed by atoms with Crippen LogP contribution in [0.2, 0.25) is 0 Å². The molecule has 5 nitrogen and oxygen atoms in total. The summed E-state index contributed by atoms with van der Waals surface area (Å²) in [5.41, 5.74) is 0.579. The number of rotatable bonds is 9. The molecule has 0 radical (unpaired) electrons. The molecule has 0 unspecified atom stereocenters. The van der Waals surface area contributed by atoms with Gasteiger partial charge in [0.05, 0.1) is 5.41 Å². The Balaban J connectivity index is 1.82. The van der Waals surface area contributed by atoms with Gasteiger partial charge in [-0.1, -0.05) is 43.2 Å². The van der Waals surface area contributed by atoms with Crippen LogP contribution in [0.4, 0.5) is 0 Å². The van der Waals surface area contributed by atoms with Crippen molar-refractivity contribution in [1.29, 1.82) is 0 Å². The summed E-state index contributed by atoms with van der Waals surface area (Å²) >= 11 is 0. The highest BCUT2D eigenvalue weighted by atomic mass is 16.5. The molecule has 1 aliphatic rings. The minimum absolute atomic E-state index is 0.0857. The Morgan fingerprint density at radius 1 is 1.04 bits per heavy atom. The number of hydrogen-bond donors (Lipinski definition) is 2. The van der Waals surface area contributed by atoms with Crippen LogP contribution in [0.1, 0.15) is 50.5 Å². The number of carboxylic acids is 1. The second kappa shape index (κ2) is 9.42. The Labute approximate surface area is 143 Å². The van der Waals surface area contributed by atoms with Gasteiger partial charge >= 0.3 is 5.97 Å². The fourth-order valence-corrected chi connectivity index (χ4v) is 3.25. The van der Waals surface area contributed by atoms with Gasteiger partial charge in [0.2, 0.25) is 5.91 Å². The predicted molar refractivity (Wildman–Crippen MR) is 91.9 cm³/mol. The fraction of sp³-hybridized carbons (Fsp3) is 0.579. The quantitative estimate of drug-likeness (QED) is 0.681. The standard InChI is InChI=1S/C19H27NO4/c21-17(22)10-6-1-2-7-13-20-18(23)19(11-14-24-15-12-19)16-8-4-3-5-9-16/h3-5,8-9H,1-2,6-7,10-15H2,(H,20,23)(H,21,22). The van der Waals surface area contributed by atoms with E-state index in [9.17, 15) is 9.59 Å². The van der Waals surface area contributed by atoms with E-state index in [-0.39, 0.29) is 12.3 Å². The topological polar surface area (TPSA) is 75.6 Å². The van der Waals surface area contributed by atoms with E-state index in [0.717, 1.165) is 24.8 Å². The zero-order chi connectivity index (χ0) is 17.3. The van der Waals surface area contributed by atoms with Gasteiger partial charge in [0, 0.05) is 26.2 Å². The highest BCUT2D eigenvalue weighted by molar-refractivity contribution is 5.88. The summed E-state index contributed by atoms with van der Waals surface area (Å²) in [5, 5.41) is 11.7.